The largest absolute Gasteiger partial charge is 0.252 e. The first-order valence-electron chi connectivity index (χ1n) is 3.18. The van der Waals surface area contributed by atoms with E-state index in [0.29, 0.717) is 10.7 Å². The Balaban J connectivity index is 2.99. The SMILES string of the molecule is C/C=C(\F)c1ccc(Cl)cn1. The number of hydrogen-bond donors (Lipinski definition) is 0. The molecule has 0 saturated carbocycles. The molecule has 0 aliphatic rings. The monoisotopic (exact) mass is 171 g/mol. The molecule has 0 aromatic carbocycles. The molecule has 1 aromatic rings. The van der Waals surface area contributed by atoms with Gasteiger partial charge in [0.25, 0.3) is 0 Å². The van der Waals surface area contributed by atoms with Crippen LogP contribution in [0.3, 0.4) is 0 Å². The third-order valence-corrected chi connectivity index (χ3v) is 1.45. The average molecular weight is 172 g/mol. The van der Waals surface area contributed by atoms with Gasteiger partial charge in [-0.1, -0.05) is 11.6 Å². The van der Waals surface area contributed by atoms with Crippen molar-refractivity contribution in [1.29, 1.82) is 0 Å². The van der Waals surface area contributed by atoms with Crippen LogP contribution in [-0.2, 0) is 0 Å². The Morgan fingerprint density at radius 3 is 2.82 bits per heavy atom. The molecular formula is C8H7ClFN. The van der Waals surface area contributed by atoms with E-state index in [9.17, 15) is 4.39 Å². The summed E-state index contributed by atoms with van der Waals surface area (Å²) in [5, 5.41) is 0.512. The maximum absolute atomic E-state index is 12.8. The van der Waals surface area contributed by atoms with Crippen LogP contribution < -0.4 is 0 Å². The predicted molar refractivity (Wildman–Crippen MR) is 44.0 cm³/mol. The number of pyridine rings is 1. The summed E-state index contributed by atoms with van der Waals surface area (Å²) in [7, 11) is 0. The number of aromatic nitrogens is 1. The second-order valence-electron chi connectivity index (χ2n) is 2.00. The van der Waals surface area contributed by atoms with E-state index in [0.717, 1.165) is 0 Å². The van der Waals surface area contributed by atoms with Crippen LogP contribution in [-0.4, -0.2) is 4.98 Å². The van der Waals surface area contributed by atoms with Crippen molar-refractivity contribution < 1.29 is 4.39 Å². The standard InChI is InChI=1S/C8H7ClFN/c1-2-7(10)8-4-3-6(9)5-11-8/h2-5H,1H3/b7-2-. The highest BCUT2D eigenvalue weighted by atomic mass is 35.5. The maximum Gasteiger partial charge on any atom is 0.144 e. The lowest BCUT2D eigenvalue weighted by atomic mass is 10.3. The van der Waals surface area contributed by atoms with E-state index in [-0.39, 0.29) is 5.83 Å². The number of nitrogens with zero attached hydrogens (tertiary/aromatic N) is 1. The van der Waals surface area contributed by atoms with Crippen molar-refractivity contribution >= 4 is 17.4 Å². The lowest BCUT2D eigenvalue weighted by molar-refractivity contribution is 0.751. The zero-order chi connectivity index (χ0) is 8.27. The van der Waals surface area contributed by atoms with Crippen molar-refractivity contribution in [3.63, 3.8) is 0 Å². The molecule has 0 aliphatic carbocycles. The summed E-state index contributed by atoms with van der Waals surface area (Å²) in [6.07, 6.45) is 2.77. The molecule has 1 heterocycles. The van der Waals surface area contributed by atoms with E-state index in [4.69, 9.17) is 11.6 Å². The lowest BCUT2D eigenvalue weighted by Crippen LogP contribution is -1.82. The Bertz CT molecular complexity index is 266. The first-order chi connectivity index (χ1) is 5.24. The van der Waals surface area contributed by atoms with E-state index in [1.54, 1.807) is 13.0 Å². The van der Waals surface area contributed by atoms with Crippen LogP contribution in [0, 0.1) is 0 Å². The average Bonchev–Trinajstić information content (AvgIpc) is 2.05. The topological polar surface area (TPSA) is 12.9 Å². The van der Waals surface area contributed by atoms with Gasteiger partial charge in [-0.3, -0.25) is 4.98 Å². The molecule has 0 fully saturated rings. The molecule has 0 N–H and O–H groups in total. The Hall–Kier alpha value is -0.890. The van der Waals surface area contributed by atoms with E-state index >= 15 is 0 Å². The van der Waals surface area contributed by atoms with Crippen LogP contribution in [0.4, 0.5) is 4.39 Å². The summed E-state index contributed by atoms with van der Waals surface area (Å²) >= 11 is 5.56. The molecule has 0 spiro atoms. The summed E-state index contributed by atoms with van der Waals surface area (Å²) in [6, 6.07) is 3.14. The summed E-state index contributed by atoms with van der Waals surface area (Å²) in [5.74, 6) is -0.332. The van der Waals surface area contributed by atoms with Crippen molar-refractivity contribution in [2.24, 2.45) is 0 Å². The molecule has 0 saturated heterocycles. The first-order valence-corrected chi connectivity index (χ1v) is 3.55. The van der Waals surface area contributed by atoms with E-state index in [1.165, 1.54) is 18.3 Å². The van der Waals surface area contributed by atoms with Crippen molar-refractivity contribution in [1.82, 2.24) is 4.98 Å². The fraction of sp³-hybridized carbons (Fsp3) is 0.125. The third kappa shape index (κ3) is 2.02. The molecular weight excluding hydrogens is 165 g/mol. The molecule has 11 heavy (non-hydrogen) atoms. The molecule has 0 radical (unpaired) electrons. The number of rotatable bonds is 1. The van der Waals surface area contributed by atoms with Crippen molar-refractivity contribution in [2.45, 2.75) is 6.92 Å². The van der Waals surface area contributed by atoms with Gasteiger partial charge >= 0.3 is 0 Å². The van der Waals surface area contributed by atoms with Gasteiger partial charge in [0.05, 0.1) is 10.7 Å². The lowest BCUT2D eigenvalue weighted by Gasteiger charge is -1.94. The molecule has 1 aromatic heterocycles. The summed E-state index contributed by atoms with van der Waals surface area (Å²) in [5.41, 5.74) is 0.317. The summed E-state index contributed by atoms with van der Waals surface area (Å²) in [6.45, 7) is 1.62. The van der Waals surface area contributed by atoms with Gasteiger partial charge in [-0.15, -0.1) is 0 Å². The van der Waals surface area contributed by atoms with Crippen LogP contribution in [0.5, 0.6) is 0 Å². The van der Waals surface area contributed by atoms with Crippen molar-refractivity contribution in [3.05, 3.63) is 35.1 Å². The molecule has 0 aliphatic heterocycles. The van der Waals surface area contributed by atoms with Crippen LogP contribution in [0.1, 0.15) is 12.6 Å². The predicted octanol–water partition coefficient (Wildman–Crippen LogP) is 3.07. The van der Waals surface area contributed by atoms with E-state index in [1.807, 2.05) is 0 Å². The molecule has 1 rings (SSSR count). The molecule has 3 heteroatoms. The van der Waals surface area contributed by atoms with Gasteiger partial charge in [0.15, 0.2) is 0 Å². The van der Waals surface area contributed by atoms with Crippen LogP contribution in [0.2, 0.25) is 5.02 Å². The Morgan fingerprint density at radius 1 is 1.64 bits per heavy atom. The maximum atomic E-state index is 12.8. The Labute approximate surface area is 69.5 Å². The third-order valence-electron chi connectivity index (χ3n) is 1.23. The van der Waals surface area contributed by atoms with Crippen molar-refractivity contribution in [3.8, 4) is 0 Å². The highest BCUT2D eigenvalue weighted by Gasteiger charge is 1.98. The molecule has 0 amide bonds. The second kappa shape index (κ2) is 3.49. The number of halogens is 2. The van der Waals surface area contributed by atoms with Gasteiger partial charge in [0.2, 0.25) is 0 Å². The molecule has 58 valence electrons. The van der Waals surface area contributed by atoms with E-state index < -0.39 is 0 Å². The normalized spacial score (nSPS) is 11.7. The Morgan fingerprint density at radius 2 is 2.36 bits per heavy atom. The highest BCUT2D eigenvalue weighted by molar-refractivity contribution is 6.30. The van der Waals surface area contributed by atoms with Crippen LogP contribution >= 0.6 is 11.6 Å². The summed E-state index contributed by atoms with van der Waals surface area (Å²) in [4.78, 5) is 3.77. The van der Waals surface area contributed by atoms with Gasteiger partial charge in [0, 0.05) is 6.20 Å². The zero-order valence-electron chi connectivity index (χ0n) is 6.01. The van der Waals surface area contributed by atoms with Gasteiger partial charge in [-0.2, -0.15) is 0 Å². The van der Waals surface area contributed by atoms with Crippen LogP contribution in [0.25, 0.3) is 5.83 Å². The highest BCUT2D eigenvalue weighted by Crippen LogP contribution is 2.14. The fourth-order valence-corrected chi connectivity index (χ4v) is 0.777. The van der Waals surface area contributed by atoms with Gasteiger partial charge < -0.3 is 0 Å². The Kier molecular flexibility index (Phi) is 2.60. The second-order valence-corrected chi connectivity index (χ2v) is 2.43. The van der Waals surface area contributed by atoms with Gasteiger partial charge in [0.1, 0.15) is 5.83 Å². The van der Waals surface area contributed by atoms with Crippen molar-refractivity contribution in [2.75, 3.05) is 0 Å². The quantitative estimate of drug-likeness (QED) is 0.633. The van der Waals surface area contributed by atoms with Crippen LogP contribution in [0.15, 0.2) is 24.4 Å². The van der Waals surface area contributed by atoms with E-state index in [2.05, 4.69) is 4.98 Å². The zero-order valence-corrected chi connectivity index (χ0v) is 6.77. The number of allylic oxidation sites excluding steroid dienone is 1. The minimum absolute atomic E-state index is 0.317. The molecule has 0 unspecified atom stereocenters. The molecule has 0 bridgehead atoms. The number of hydrogen-bond acceptors (Lipinski definition) is 1. The first kappa shape index (κ1) is 8.21. The molecule has 0 atom stereocenters. The van der Waals surface area contributed by atoms with Gasteiger partial charge in [-0.25, -0.2) is 4.39 Å². The smallest absolute Gasteiger partial charge is 0.144 e. The minimum Gasteiger partial charge on any atom is -0.252 e. The fourth-order valence-electron chi connectivity index (χ4n) is 0.665. The van der Waals surface area contributed by atoms with Gasteiger partial charge in [-0.05, 0) is 25.1 Å². The molecule has 1 nitrogen and oxygen atoms in total. The minimum atomic E-state index is -0.332. The summed E-state index contributed by atoms with van der Waals surface area (Å²) < 4.78 is 12.8.